The Kier molecular flexibility index (Phi) is 4.89. The molecule has 4 rings (SSSR count). The van der Waals surface area contributed by atoms with E-state index < -0.39 is 5.92 Å². The van der Waals surface area contributed by atoms with Crippen LogP contribution >= 0.6 is 0 Å². The van der Waals surface area contributed by atoms with Gasteiger partial charge in [-0.15, -0.1) is 0 Å². The van der Waals surface area contributed by atoms with Gasteiger partial charge in [-0.1, -0.05) is 6.07 Å². The molecule has 0 aliphatic carbocycles. The number of hydrogen-bond donors (Lipinski definition) is 0. The summed E-state index contributed by atoms with van der Waals surface area (Å²) in [5.41, 5.74) is 2.58. The highest BCUT2D eigenvalue weighted by Crippen LogP contribution is 2.53. The van der Waals surface area contributed by atoms with E-state index in [-0.39, 0.29) is 18.2 Å². The minimum atomic E-state index is -0.449. The molecule has 0 radical (unpaired) electrons. The molecule has 2 aliphatic heterocycles. The average molecular weight is 410 g/mol. The predicted molar refractivity (Wildman–Crippen MR) is 108 cm³/mol. The van der Waals surface area contributed by atoms with Crippen molar-refractivity contribution < 1.29 is 33.3 Å². The van der Waals surface area contributed by atoms with E-state index in [2.05, 4.69) is 0 Å². The molecule has 0 spiro atoms. The van der Waals surface area contributed by atoms with Gasteiger partial charge in [-0.25, -0.2) is 0 Å². The second-order valence-corrected chi connectivity index (χ2v) is 7.27. The molecule has 0 unspecified atom stereocenters. The Morgan fingerprint density at radius 2 is 1.67 bits per heavy atom. The molecule has 30 heavy (non-hydrogen) atoms. The molecule has 2 aromatic rings. The average Bonchev–Trinajstić information content (AvgIpc) is 3.08. The number of ether oxygens (including phenoxy) is 5. The predicted octanol–water partition coefficient (Wildman–Crippen LogP) is 4.02. The lowest BCUT2D eigenvalue weighted by Crippen LogP contribution is -2.22. The normalized spacial score (nSPS) is 17.0. The van der Waals surface area contributed by atoms with Crippen LogP contribution in [0.2, 0.25) is 0 Å². The van der Waals surface area contributed by atoms with E-state index in [1.807, 2.05) is 19.9 Å². The van der Waals surface area contributed by atoms with Crippen molar-refractivity contribution in [3.63, 3.8) is 0 Å². The van der Waals surface area contributed by atoms with Gasteiger partial charge in [0.25, 0.3) is 0 Å². The summed E-state index contributed by atoms with van der Waals surface area (Å²) in [4.78, 5) is 25.2. The zero-order chi connectivity index (χ0) is 21.6. The van der Waals surface area contributed by atoms with Gasteiger partial charge >= 0.3 is 5.97 Å². The van der Waals surface area contributed by atoms with Gasteiger partial charge in [0.05, 0.1) is 33.3 Å². The number of rotatable bonds is 4. The summed E-state index contributed by atoms with van der Waals surface area (Å²) in [5, 5.41) is 0. The molecule has 7 heteroatoms. The minimum absolute atomic E-state index is 0.0665. The number of allylic oxidation sites excluding steroid dienone is 2. The van der Waals surface area contributed by atoms with E-state index in [1.54, 1.807) is 18.2 Å². The number of hydrogen-bond acceptors (Lipinski definition) is 7. The minimum Gasteiger partial charge on any atom is -0.493 e. The van der Waals surface area contributed by atoms with Crippen LogP contribution < -0.4 is 23.7 Å². The number of Topliss-reactive ketones (excluding diaryl/α,β-unsaturated/α-hetero) is 1. The van der Waals surface area contributed by atoms with Crippen LogP contribution in [0.5, 0.6) is 28.7 Å². The Morgan fingerprint density at radius 3 is 2.30 bits per heavy atom. The van der Waals surface area contributed by atoms with E-state index >= 15 is 0 Å². The molecule has 156 valence electrons. The van der Waals surface area contributed by atoms with Gasteiger partial charge in [0.15, 0.2) is 17.3 Å². The zero-order valence-electron chi connectivity index (χ0n) is 17.5. The van der Waals surface area contributed by atoms with Crippen molar-refractivity contribution in [2.24, 2.45) is 0 Å². The molecular weight excluding hydrogens is 388 g/mol. The second kappa shape index (κ2) is 7.40. The second-order valence-electron chi connectivity index (χ2n) is 7.27. The number of ketones is 1. The van der Waals surface area contributed by atoms with Crippen molar-refractivity contribution in [1.82, 2.24) is 0 Å². The van der Waals surface area contributed by atoms with E-state index in [4.69, 9.17) is 23.7 Å². The number of fused-ring (bicyclic) bond motifs is 3. The van der Waals surface area contributed by atoms with Crippen LogP contribution in [-0.4, -0.2) is 33.1 Å². The van der Waals surface area contributed by atoms with Gasteiger partial charge in [0, 0.05) is 17.0 Å². The maximum atomic E-state index is 12.8. The van der Waals surface area contributed by atoms with Crippen LogP contribution in [0.3, 0.4) is 0 Å². The summed E-state index contributed by atoms with van der Waals surface area (Å²) in [7, 11) is 4.59. The molecule has 0 saturated carbocycles. The fourth-order valence-corrected chi connectivity index (χ4v) is 3.99. The molecule has 2 heterocycles. The Morgan fingerprint density at radius 1 is 0.933 bits per heavy atom. The van der Waals surface area contributed by atoms with Crippen LogP contribution in [-0.2, 0) is 4.79 Å². The molecule has 7 nitrogen and oxygen atoms in total. The summed E-state index contributed by atoms with van der Waals surface area (Å²) in [5.74, 6) is 1.47. The molecule has 0 amide bonds. The largest absolute Gasteiger partial charge is 0.493 e. The fraction of sp³-hybridized carbons (Fsp3) is 0.304. The van der Waals surface area contributed by atoms with Crippen molar-refractivity contribution in [3.8, 4) is 28.7 Å². The lowest BCUT2D eigenvalue weighted by molar-refractivity contribution is -0.135. The van der Waals surface area contributed by atoms with Crippen LogP contribution in [0, 0.1) is 0 Å². The van der Waals surface area contributed by atoms with Crippen molar-refractivity contribution in [3.05, 3.63) is 52.3 Å². The van der Waals surface area contributed by atoms with Crippen LogP contribution in [0.1, 0.15) is 47.7 Å². The molecule has 1 atom stereocenters. The smallest absolute Gasteiger partial charge is 0.312 e. The highest BCUT2D eigenvalue weighted by molar-refractivity contribution is 6.13. The first-order valence-corrected chi connectivity index (χ1v) is 9.47. The SMILES string of the molecule is COc1ccc([C@H]2CC(=O)Oc3ccc4c(c32)OC(=C(C)C)C4=O)c(OC)c1OC. The lowest BCUT2D eigenvalue weighted by atomic mass is 9.84. The zero-order valence-corrected chi connectivity index (χ0v) is 17.5. The molecule has 0 aromatic heterocycles. The van der Waals surface area contributed by atoms with Crippen LogP contribution in [0.15, 0.2) is 35.6 Å². The molecule has 0 fully saturated rings. The van der Waals surface area contributed by atoms with Gasteiger partial charge in [-0.2, -0.15) is 0 Å². The van der Waals surface area contributed by atoms with Crippen molar-refractivity contribution >= 4 is 11.8 Å². The Balaban J connectivity index is 1.96. The summed E-state index contributed by atoms with van der Waals surface area (Å²) in [6.45, 7) is 3.64. The van der Waals surface area contributed by atoms with Crippen LogP contribution in [0.25, 0.3) is 0 Å². The molecule has 0 N–H and O–H groups in total. The first-order valence-electron chi connectivity index (χ1n) is 9.47. The topological polar surface area (TPSA) is 80.3 Å². The van der Waals surface area contributed by atoms with E-state index in [1.165, 1.54) is 21.3 Å². The monoisotopic (exact) mass is 410 g/mol. The molecular formula is C23H22O7. The highest BCUT2D eigenvalue weighted by atomic mass is 16.5. The van der Waals surface area contributed by atoms with E-state index in [9.17, 15) is 9.59 Å². The van der Waals surface area contributed by atoms with E-state index in [0.717, 1.165) is 5.57 Å². The first kappa shape index (κ1) is 19.8. The van der Waals surface area contributed by atoms with Crippen molar-refractivity contribution in [2.45, 2.75) is 26.2 Å². The van der Waals surface area contributed by atoms with Gasteiger partial charge in [-0.05, 0) is 37.6 Å². The molecule has 2 aromatic carbocycles. The van der Waals surface area contributed by atoms with Gasteiger partial charge in [0.1, 0.15) is 11.5 Å². The van der Waals surface area contributed by atoms with Gasteiger partial charge in [0.2, 0.25) is 11.5 Å². The Labute approximate surface area is 174 Å². The summed E-state index contributed by atoms with van der Waals surface area (Å²) < 4.78 is 28.0. The van der Waals surface area contributed by atoms with E-state index in [0.29, 0.717) is 51.2 Å². The molecule has 0 bridgehead atoms. The Hall–Kier alpha value is -3.48. The Bertz CT molecular complexity index is 1090. The third kappa shape index (κ3) is 2.89. The summed E-state index contributed by atoms with van der Waals surface area (Å²) in [6.07, 6.45) is 0.0665. The first-order chi connectivity index (χ1) is 14.4. The maximum absolute atomic E-state index is 12.8. The maximum Gasteiger partial charge on any atom is 0.312 e. The number of methoxy groups -OCH3 is 3. The highest BCUT2D eigenvalue weighted by Gasteiger charge is 2.40. The quantitative estimate of drug-likeness (QED) is 0.428. The molecule has 2 aliphatic rings. The fourth-order valence-electron chi connectivity index (χ4n) is 3.99. The summed E-state index contributed by atoms with van der Waals surface area (Å²) >= 11 is 0. The van der Waals surface area contributed by atoms with Crippen LogP contribution in [0.4, 0.5) is 0 Å². The lowest BCUT2D eigenvalue weighted by Gasteiger charge is -2.28. The number of benzene rings is 2. The number of esters is 1. The standard InChI is InChI=1S/C23H22O7/c1-11(2)20-19(25)13-7-8-15-18(21(13)30-20)14(10-17(24)29-15)12-6-9-16(26-3)23(28-5)22(12)27-4/h6-9,14H,10H2,1-5H3/t14-/m1/s1. The van der Waals surface area contributed by atoms with Gasteiger partial charge in [-0.3, -0.25) is 9.59 Å². The number of carbonyl (C=O) groups is 2. The molecule has 0 saturated heterocycles. The van der Waals surface area contributed by atoms with Gasteiger partial charge < -0.3 is 23.7 Å². The number of carbonyl (C=O) groups excluding carboxylic acids is 2. The van der Waals surface area contributed by atoms with Crippen molar-refractivity contribution in [2.75, 3.05) is 21.3 Å². The third-order valence-corrected chi connectivity index (χ3v) is 5.32. The van der Waals surface area contributed by atoms with Crippen molar-refractivity contribution in [1.29, 1.82) is 0 Å². The summed E-state index contributed by atoms with van der Waals surface area (Å²) in [6, 6.07) is 6.85. The third-order valence-electron chi connectivity index (χ3n) is 5.32.